The van der Waals surface area contributed by atoms with E-state index in [0.29, 0.717) is 22.5 Å². The van der Waals surface area contributed by atoms with Crippen molar-refractivity contribution in [2.45, 2.75) is 132 Å². The van der Waals surface area contributed by atoms with E-state index in [1.807, 2.05) is 24.3 Å². The van der Waals surface area contributed by atoms with Gasteiger partial charge in [-0.15, -0.1) is 5.10 Å². The Labute approximate surface area is 276 Å². The van der Waals surface area contributed by atoms with E-state index in [9.17, 15) is 10.2 Å². The Kier molecular flexibility index (Phi) is 9.05. The van der Waals surface area contributed by atoms with Gasteiger partial charge < -0.3 is 10.2 Å². The van der Waals surface area contributed by atoms with Crippen LogP contribution in [0.25, 0.3) is 11.0 Å². The van der Waals surface area contributed by atoms with Crippen LogP contribution in [-0.2, 0) is 22.7 Å². The van der Waals surface area contributed by atoms with Crippen LogP contribution in [0.2, 0.25) is 5.02 Å². The molecule has 1 heterocycles. The molecule has 45 heavy (non-hydrogen) atoms. The molecule has 2 aromatic carbocycles. The third-order valence-electron chi connectivity index (χ3n) is 9.30. The number of allylic oxidation sites excluding steroid dienone is 2. The number of aliphatic hydroxyl groups excluding tert-OH is 1. The van der Waals surface area contributed by atoms with Crippen LogP contribution >= 0.6 is 11.6 Å². The molecule has 2 unspecified atom stereocenters. The van der Waals surface area contributed by atoms with Crippen LogP contribution in [0.3, 0.4) is 0 Å². The molecule has 0 saturated carbocycles. The van der Waals surface area contributed by atoms with Gasteiger partial charge in [0.1, 0.15) is 11.3 Å². The van der Waals surface area contributed by atoms with E-state index in [1.54, 1.807) is 0 Å². The predicted octanol–water partition coefficient (Wildman–Crippen LogP) is 10.1. The van der Waals surface area contributed by atoms with Gasteiger partial charge in [0.25, 0.3) is 0 Å². The number of fused-ring (bicyclic) bond motifs is 1. The zero-order valence-corrected chi connectivity index (χ0v) is 30.7. The van der Waals surface area contributed by atoms with Crippen LogP contribution in [0.5, 0.6) is 5.75 Å². The number of nitrogens with zero attached hydrogens (tertiary/aromatic N) is 2. The molecule has 1 aromatic heterocycles. The molecule has 5 nitrogen and oxygen atoms in total. The lowest BCUT2D eigenvalue weighted by Gasteiger charge is -2.42. The predicted molar refractivity (Wildman–Crippen MR) is 189 cm³/mol. The van der Waals surface area contributed by atoms with Crippen molar-refractivity contribution < 1.29 is 10.2 Å². The molecule has 0 aliphatic heterocycles. The van der Waals surface area contributed by atoms with Gasteiger partial charge in [-0.25, -0.2) is 0 Å². The van der Waals surface area contributed by atoms with Gasteiger partial charge in [0.05, 0.1) is 17.0 Å². The maximum atomic E-state index is 12.3. The average Bonchev–Trinajstić information content (AvgIpc) is 3.31. The summed E-state index contributed by atoms with van der Waals surface area (Å²) in [5, 5.41) is 36.4. The second-order valence-electron chi connectivity index (χ2n) is 18.3. The maximum Gasteiger partial charge on any atom is 0.122 e. The highest BCUT2D eigenvalue weighted by molar-refractivity contribution is 6.32. The monoisotopic (exact) mass is 633 g/mol. The number of rotatable bonds is 7. The molecule has 2 atom stereocenters. The molecule has 3 N–H and O–H groups in total. The normalized spacial score (nSPS) is 20.2. The molecule has 0 saturated heterocycles. The molecule has 3 aromatic rings. The zero-order valence-electron chi connectivity index (χ0n) is 29.9. The fourth-order valence-corrected chi connectivity index (χ4v) is 8.27. The molecule has 1 aliphatic rings. The minimum atomic E-state index is -1.01. The van der Waals surface area contributed by atoms with Crippen LogP contribution in [-0.4, -0.2) is 31.7 Å². The Morgan fingerprint density at radius 1 is 0.867 bits per heavy atom. The van der Waals surface area contributed by atoms with Crippen molar-refractivity contribution in [2.75, 3.05) is 0 Å². The number of aromatic amines is 1. The molecule has 0 fully saturated rings. The number of aromatic nitrogens is 3. The summed E-state index contributed by atoms with van der Waals surface area (Å²) >= 11 is 7.06. The van der Waals surface area contributed by atoms with E-state index >= 15 is 0 Å². The smallest absolute Gasteiger partial charge is 0.122 e. The van der Waals surface area contributed by atoms with E-state index in [-0.39, 0.29) is 32.8 Å². The molecule has 0 amide bonds. The quantitative estimate of drug-likeness (QED) is 0.242. The number of nitrogens with one attached hydrogen (secondary N) is 1. The summed E-state index contributed by atoms with van der Waals surface area (Å²) in [5.74, 6) is 0.287. The first-order valence-corrected chi connectivity index (χ1v) is 16.7. The van der Waals surface area contributed by atoms with Gasteiger partial charge in [-0.05, 0) is 75.2 Å². The Morgan fingerprint density at radius 3 is 2.04 bits per heavy atom. The Morgan fingerprint density at radius 2 is 1.47 bits per heavy atom. The summed E-state index contributed by atoms with van der Waals surface area (Å²) in [5.41, 5.74) is 4.57. The van der Waals surface area contributed by atoms with E-state index in [4.69, 9.17) is 11.6 Å². The first-order chi connectivity index (χ1) is 20.4. The van der Waals surface area contributed by atoms with Gasteiger partial charge in [-0.2, -0.15) is 0 Å². The summed E-state index contributed by atoms with van der Waals surface area (Å²) in [6.07, 6.45) is 7.32. The summed E-state index contributed by atoms with van der Waals surface area (Å²) < 4.78 is 0. The molecule has 6 heteroatoms. The minimum Gasteiger partial charge on any atom is -0.507 e. The molecular formula is C39H56ClN3O2. The standard InChI is InChI=1S/C39H56ClN3O2/c1-34(2,3)22-37(10,11)26-18-24(33(45)27(19-26)38(12,13)23-35(4,5)6)20-39(21-25(36(7,8)9)14-17-30(39)44)31-28(40)15-16-29-32(31)42-43-41-29/h14-19,21,30,44-45H,20,22-23H2,1-13H3,(H,41,42,43). The molecule has 0 spiro atoms. The van der Waals surface area contributed by atoms with E-state index in [1.165, 1.54) is 5.56 Å². The Bertz CT molecular complexity index is 1620. The first kappa shape index (κ1) is 35.2. The number of halogens is 1. The number of H-pyrrole nitrogens is 1. The van der Waals surface area contributed by atoms with Crippen molar-refractivity contribution in [1.82, 2.24) is 15.4 Å². The molecule has 0 bridgehead atoms. The van der Waals surface area contributed by atoms with Gasteiger partial charge in [0.2, 0.25) is 0 Å². The number of hydrogen-bond donors (Lipinski definition) is 3. The third-order valence-corrected chi connectivity index (χ3v) is 9.62. The van der Waals surface area contributed by atoms with Crippen LogP contribution < -0.4 is 0 Å². The van der Waals surface area contributed by atoms with Crippen LogP contribution in [0, 0.1) is 16.2 Å². The molecule has 0 radical (unpaired) electrons. The largest absolute Gasteiger partial charge is 0.507 e. The van der Waals surface area contributed by atoms with Crippen LogP contribution in [0.15, 0.2) is 48.1 Å². The highest BCUT2D eigenvalue weighted by atomic mass is 35.5. The molecular weight excluding hydrogens is 578 g/mol. The molecule has 246 valence electrons. The van der Waals surface area contributed by atoms with Crippen molar-refractivity contribution in [2.24, 2.45) is 16.2 Å². The van der Waals surface area contributed by atoms with Gasteiger partial charge in [-0.3, -0.25) is 5.10 Å². The van der Waals surface area contributed by atoms with E-state index in [2.05, 4.69) is 124 Å². The zero-order chi connectivity index (χ0) is 34.0. The van der Waals surface area contributed by atoms with E-state index in [0.717, 1.165) is 35.1 Å². The van der Waals surface area contributed by atoms with Crippen LogP contribution in [0.4, 0.5) is 0 Å². The van der Waals surface area contributed by atoms with Crippen molar-refractivity contribution in [3.05, 3.63) is 75.3 Å². The summed E-state index contributed by atoms with van der Waals surface area (Å²) in [7, 11) is 0. The lowest BCUT2D eigenvalue weighted by atomic mass is 9.64. The average molecular weight is 634 g/mol. The van der Waals surface area contributed by atoms with Crippen molar-refractivity contribution in [3.63, 3.8) is 0 Å². The number of aromatic hydroxyl groups is 1. The van der Waals surface area contributed by atoms with Crippen LogP contribution in [0.1, 0.15) is 125 Å². The number of benzene rings is 2. The Balaban J connectivity index is 2.08. The fraction of sp³-hybridized carbons (Fsp3) is 0.590. The SMILES string of the molecule is CC(C)(C)CC(C)(C)c1cc(CC2(c3c(Cl)ccc4[nH]nnc34)C=C(C(C)(C)C)C=CC2O)c(O)c(C(C)(C)CC(C)(C)C)c1. The highest BCUT2D eigenvalue weighted by Gasteiger charge is 2.45. The highest BCUT2D eigenvalue weighted by Crippen LogP contribution is 2.50. The van der Waals surface area contributed by atoms with Crippen molar-refractivity contribution >= 4 is 22.6 Å². The second kappa shape index (κ2) is 11.6. The number of phenols is 1. The lowest BCUT2D eigenvalue weighted by molar-refractivity contribution is 0.146. The summed E-state index contributed by atoms with van der Waals surface area (Å²) in [6, 6.07) is 8.12. The number of phenolic OH excluding ortho intramolecular Hbond substituents is 1. The molecule has 4 rings (SSSR count). The summed E-state index contributed by atoms with van der Waals surface area (Å²) in [4.78, 5) is 0. The van der Waals surface area contributed by atoms with Crippen molar-refractivity contribution in [3.8, 4) is 5.75 Å². The van der Waals surface area contributed by atoms with E-state index < -0.39 is 11.5 Å². The maximum absolute atomic E-state index is 12.3. The van der Waals surface area contributed by atoms with Gasteiger partial charge in [0.15, 0.2) is 0 Å². The number of hydrogen-bond acceptors (Lipinski definition) is 4. The van der Waals surface area contributed by atoms with Gasteiger partial charge in [-0.1, -0.05) is 137 Å². The first-order valence-electron chi connectivity index (χ1n) is 16.3. The minimum absolute atomic E-state index is 0.0546. The second-order valence-corrected chi connectivity index (χ2v) is 18.7. The Hall–Kier alpha value is -2.63. The molecule has 1 aliphatic carbocycles. The topological polar surface area (TPSA) is 82.0 Å². The van der Waals surface area contributed by atoms with Crippen molar-refractivity contribution in [1.29, 1.82) is 0 Å². The summed E-state index contributed by atoms with van der Waals surface area (Å²) in [6.45, 7) is 29.2. The fourth-order valence-electron chi connectivity index (χ4n) is 7.94. The third kappa shape index (κ3) is 7.36. The lowest BCUT2D eigenvalue weighted by Crippen LogP contribution is -2.42. The van der Waals surface area contributed by atoms with Gasteiger partial charge >= 0.3 is 0 Å². The number of aliphatic hydroxyl groups is 1. The van der Waals surface area contributed by atoms with Gasteiger partial charge in [0, 0.05) is 16.1 Å².